The summed E-state index contributed by atoms with van der Waals surface area (Å²) in [7, 11) is 0. The van der Waals surface area contributed by atoms with Gasteiger partial charge >= 0.3 is 6.03 Å². The van der Waals surface area contributed by atoms with Crippen LogP contribution >= 0.6 is 0 Å². The molecule has 4 rings (SSSR count). The largest absolute Gasteiger partial charge is 0.370 e. The zero-order valence-electron chi connectivity index (χ0n) is 16.9. The Balaban J connectivity index is 1.55. The van der Waals surface area contributed by atoms with E-state index >= 15 is 0 Å². The smallest absolute Gasteiger partial charge is 0.323 e. The number of carbonyl (C=O) groups excluding carboxylic acids is 2. The third kappa shape index (κ3) is 5.01. The van der Waals surface area contributed by atoms with Gasteiger partial charge in [-0.3, -0.25) is 4.79 Å². The average molecular weight is 418 g/mol. The van der Waals surface area contributed by atoms with Crippen LogP contribution in [0.2, 0.25) is 0 Å². The standard InChI is InChI=1S/C24H23FN4O2/c25-19-10-4-5-11-20(19)27-24(31)28-21-16-18(12-13-22(21)29-14-6-7-15-29)26-23(30)17-8-2-1-3-9-17/h1-5,8-13,16H,6-7,14-15H2,(H,26,30)(H2,27,28,31). The number of para-hydroxylation sites is 1. The third-order valence-corrected chi connectivity index (χ3v) is 5.11. The highest BCUT2D eigenvalue weighted by molar-refractivity contribution is 6.06. The van der Waals surface area contributed by atoms with Gasteiger partial charge in [-0.2, -0.15) is 0 Å². The van der Waals surface area contributed by atoms with Crippen LogP contribution < -0.4 is 20.9 Å². The van der Waals surface area contributed by atoms with E-state index in [1.54, 1.807) is 42.5 Å². The van der Waals surface area contributed by atoms with Gasteiger partial charge in [-0.25, -0.2) is 9.18 Å². The maximum atomic E-state index is 13.9. The van der Waals surface area contributed by atoms with Gasteiger partial charge < -0.3 is 20.9 Å². The average Bonchev–Trinajstić information content (AvgIpc) is 3.31. The van der Waals surface area contributed by atoms with Crippen LogP contribution in [-0.4, -0.2) is 25.0 Å². The number of hydrogen-bond acceptors (Lipinski definition) is 3. The molecule has 0 saturated carbocycles. The molecule has 3 aromatic carbocycles. The molecule has 31 heavy (non-hydrogen) atoms. The number of urea groups is 1. The summed E-state index contributed by atoms with van der Waals surface area (Å²) in [6.07, 6.45) is 2.15. The number of amides is 3. The van der Waals surface area contributed by atoms with Gasteiger partial charge in [-0.15, -0.1) is 0 Å². The SMILES string of the molecule is O=C(Nc1ccccc1F)Nc1cc(NC(=O)c2ccccc2)ccc1N1CCCC1. The van der Waals surface area contributed by atoms with Gasteiger partial charge in [0.1, 0.15) is 5.82 Å². The zero-order chi connectivity index (χ0) is 21.6. The van der Waals surface area contributed by atoms with Crippen molar-refractivity contribution in [2.24, 2.45) is 0 Å². The number of nitrogens with zero attached hydrogens (tertiary/aromatic N) is 1. The van der Waals surface area contributed by atoms with E-state index in [1.807, 2.05) is 18.2 Å². The molecule has 0 spiro atoms. The molecule has 6 nitrogen and oxygen atoms in total. The molecule has 0 aromatic heterocycles. The van der Waals surface area contributed by atoms with Crippen LogP contribution in [0.15, 0.2) is 72.8 Å². The molecule has 3 N–H and O–H groups in total. The number of rotatable bonds is 5. The Labute approximate surface area is 180 Å². The monoisotopic (exact) mass is 418 g/mol. The molecule has 158 valence electrons. The first-order valence-electron chi connectivity index (χ1n) is 10.2. The van der Waals surface area contributed by atoms with Gasteiger partial charge in [0, 0.05) is 24.3 Å². The molecule has 1 aliphatic heterocycles. The van der Waals surface area contributed by atoms with Crippen molar-refractivity contribution >= 4 is 34.7 Å². The normalized spacial score (nSPS) is 13.0. The van der Waals surface area contributed by atoms with E-state index in [1.165, 1.54) is 12.1 Å². The Bertz CT molecular complexity index is 1080. The van der Waals surface area contributed by atoms with E-state index in [2.05, 4.69) is 20.9 Å². The van der Waals surface area contributed by atoms with Gasteiger partial charge in [0.15, 0.2) is 0 Å². The highest BCUT2D eigenvalue weighted by Gasteiger charge is 2.18. The summed E-state index contributed by atoms with van der Waals surface area (Å²) in [5.74, 6) is -0.752. The Hall–Kier alpha value is -3.87. The maximum absolute atomic E-state index is 13.9. The zero-order valence-corrected chi connectivity index (χ0v) is 16.9. The molecule has 0 radical (unpaired) electrons. The van der Waals surface area contributed by atoms with E-state index in [4.69, 9.17) is 0 Å². The molecule has 1 aliphatic rings. The molecular weight excluding hydrogens is 395 g/mol. The van der Waals surface area contributed by atoms with E-state index in [-0.39, 0.29) is 11.6 Å². The first-order valence-corrected chi connectivity index (χ1v) is 10.2. The van der Waals surface area contributed by atoms with E-state index < -0.39 is 11.8 Å². The summed E-state index contributed by atoms with van der Waals surface area (Å²) >= 11 is 0. The Morgan fingerprint density at radius 3 is 2.19 bits per heavy atom. The first kappa shape index (κ1) is 20.4. The molecule has 0 aliphatic carbocycles. The van der Waals surface area contributed by atoms with E-state index in [9.17, 15) is 14.0 Å². The predicted molar refractivity (Wildman–Crippen MR) is 121 cm³/mol. The van der Waals surface area contributed by atoms with Crippen molar-refractivity contribution in [3.05, 3.63) is 84.2 Å². The summed E-state index contributed by atoms with van der Waals surface area (Å²) in [6, 6.07) is 19.7. The predicted octanol–water partition coefficient (Wildman–Crippen LogP) is 5.32. The van der Waals surface area contributed by atoms with Crippen molar-refractivity contribution in [1.82, 2.24) is 0 Å². The highest BCUT2D eigenvalue weighted by Crippen LogP contribution is 2.32. The topological polar surface area (TPSA) is 73.5 Å². The quantitative estimate of drug-likeness (QED) is 0.525. The van der Waals surface area contributed by atoms with Gasteiger partial charge in [0.2, 0.25) is 0 Å². The molecule has 0 unspecified atom stereocenters. The number of nitrogens with one attached hydrogen (secondary N) is 3. The van der Waals surface area contributed by atoms with Crippen LogP contribution in [0.1, 0.15) is 23.2 Å². The van der Waals surface area contributed by atoms with Gasteiger partial charge in [-0.05, 0) is 55.3 Å². The summed E-state index contributed by atoms with van der Waals surface area (Å²) < 4.78 is 13.9. The van der Waals surface area contributed by atoms with E-state index in [0.29, 0.717) is 16.9 Å². The second-order valence-electron chi connectivity index (χ2n) is 7.31. The number of hydrogen-bond donors (Lipinski definition) is 3. The van der Waals surface area contributed by atoms with Crippen LogP contribution in [0.4, 0.5) is 31.9 Å². The third-order valence-electron chi connectivity index (χ3n) is 5.11. The highest BCUT2D eigenvalue weighted by atomic mass is 19.1. The minimum absolute atomic E-state index is 0.0938. The summed E-state index contributed by atoms with van der Waals surface area (Å²) in [6.45, 7) is 1.78. The lowest BCUT2D eigenvalue weighted by molar-refractivity contribution is 0.102. The van der Waals surface area contributed by atoms with Crippen LogP contribution in [0, 0.1) is 5.82 Å². The molecular formula is C24H23FN4O2. The lowest BCUT2D eigenvalue weighted by Crippen LogP contribution is -2.24. The van der Waals surface area contributed by atoms with Crippen molar-refractivity contribution in [3.8, 4) is 0 Å². The molecule has 3 amide bonds. The second kappa shape index (κ2) is 9.30. The van der Waals surface area contributed by atoms with Gasteiger partial charge in [0.25, 0.3) is 5.91 Å². The molecule has 1 fully saturated rings. The fourth-order valence-electron chi connectivity index (χ4n) is 3.58. The Kier molecular flexibility index (Phi) is 6.12. The van der Waals surface area contributed by atoms with E-state index in [0.717, 1.165) is 31.6 Å². The first-order chi connectivity index (χ1) is 15.1. The van der Waals surface area contributed by atoms with Gasteiger partial charge in [0.05, 0.1) is 17.1 Å². The van der Waals surface area contributed by atoms with Crippen molar-refractivity contribution < 1.29 is 14.0 Å². The number of benzene rings is 3. The fraction of sp³-hybridized carbons (Fsp3) is 0.167. The van der Waals surface area contributed by atoms with Gasteiger partial charge in [-0.1, -0.05) is 30.3 Å². The molecule has 7 heteroatoms. The summed E-state index contributed by atoms with van der Waals surface area (Å²) in [5, 5.41) is 8.20. The van der Waals surface area contributed by atoms with Crippen molar-refractivity contribution in [2.45, 2.75) is 12.8 Å². The Morgan fingerprint density at radius 2 is 1.45 bits per heavy atom. The van der Waals surface area contributed by atoms with Crippen LogP contribution in [0.3, 0.4) is 0 Å². The molecule has 0 atom stereocenters. The number of anilines is 4. The summed E-state index contributed by atoms with van der Waals surface area (Å²) in [4.78, 5) is 27.2. The minimum atomic E-state index is -0.558. The minimum Gasteiger partial charge on any atom is -0.370 e. The second-order valence-corrected chi connectivity index (χ2v) is 7.31. The number of carbonyl (C=O) groups is 2. The molecule has 1 saturated heterocycles. The van der Waals surface area contributed by atoms with Crippen molar-refractivity contribution in [1.29, 1.82) is 0 Å². The molecule has 1 heterocycles. The fourth-order valence-corrected chi connectivity index (χ4v) is 3.58. The Morgan fingerprint density at radius 1 is 0.774 bits per heavy atom. The molecule has 3 aromatic rings. The summed E-state index contributed by atoms with van der Waals surface area (Å²) in [5.41, 5.74) is 2.59. The number of halogens is 1. The van der Waals surface area contributed by atoms with Crippen LogP contribution in [0.5, 0.6) is 0 Å². The van der Waals surface area contributed by atoms with Crippen molar-refractivity contribution in [3.63, 3.8) is 0 Å². The van der Waals surface area contributed by atoms with Crippen molar-refractivity contribution in [2.75, 3.05) is 33.9 Å². The lowest BCUT2D eigenvalue weighted by Gasteiger charge is -2.22. The lowest BCUT2D eigenvalue weighted by atomic mass is 10.2. The van der Waals surface area contributed by atoms with Crippen LogP contribution in [-0.2, 0) is 0 Å². The maximum Gasteiger partial charge on any atom is 0.323 e. The molecule has 0 bridgehead atoms. The van der Waals surface area contributed by atoms with Crippen LogP contribution in [0.25, 0.3) is 0 Å².